The fourth-order valence-electron chi connectivity index (χ4n) is 3.77. The van der Waals surface area contributed by atoms with Gasteiger partial charge in [-0.25, -0.2) is 9.97 Å². The number of aryl methyl sites for hydroxylation is 1. The highest BCUT2D eigenvalue weighted by molar-refractivity contribution is 6.65. The molecule has 6 nitrogen and oxygen atoms in total. The van der Waals surface area contributed by atoms with Crippen LogP contribution in [-0.2, 0) is 7.05 Å². The van der Waals surface area contributed by atoms with Gasteiger partial charge in [-0.15, -0.1) is 0 Å². The molecule has 3 aromatic heterocycles. The minimum atomic E-state index is -0.193. The fraction of sp³-hybridized carbons (Fsp3) is 0.100. The second-order valence-corrected chi connectivity index (χ2v) is 8.26. The first-order valence-corrected chi connectivity index (χ1v) is 10.4. The standard InChI is InChI=1S/C20H20B4ClN5O/c1-8-26-7-12(30(8)2)11-3-9-4-13(28-6-10(9)5-27-11)29-20(31)14-15(21)17(23)19(25)18(24)16(14)22/h3-7H,21-24H2,1-2H3,(H,28,29,31). The number of rotatable bonds is 3. The van der Waals surface area contributed by atoms with E-state index in [1.54, 1.807) is 12.4 Å². The summed E-state index contributed by atoms with van der Waals surface area (Å²) in [7, 11) is 9.67. The summed E-state index contributed by atoms with van der Waals surface area (Å²) in [5.41, 5.74) is 5.98. The Labute approximate surface area is 189 Å². The summed E-state index contributed by atoms with van der Waals surface area (Å²) in [5, 5.41) is 5.49. The van der Waals surface area contributed by atoms with Crippen molar-refractivity contribution in [2.75, 3.05) is 5.32 Å². The Bertz CT molecular complexity index is 1340. The number of carbonyl (C=O) groups excluding carboxylic acids is 1. The van der Waals surface area contributed by atoms with Crippen molar-refractivity contribution in [3.8, 4) is 11.4 Å². The molecule has 1 amide bonds. The van der Waals surface area contributed by atoms with Crippen LogP contribution < -0.4 is 27.2 Å². The number of fused-ring (bicyclic) bond motifs is 1. The number of pyridine rings is 2. The second-order valence-electron chi connectivity index (χ2n) is 7.88. The van der Waals surface area contributed by atoms with Crippen molar-refractivity contribution in [3.05, 3.63) is 47.1 Å². The Morgan fingerprint density at radius 2 is 1.58 bits per heavy atom. The molecule has 0 aliphatic carbocycles. The minimum Gasteiger partial charge on any atom is -0.330 e. The summed E-state index contributed by atoms with van der Waals surface area (Å²) < 4.78 is 1.99. The zero-order valence-corrected chi connectivity index (χ0v) is 19.2. The van der Waals surface area contributed by atoms with E-state index in [-0.39, 0.29) is 5.91 Å². The van der Waals surface area contributed by atoms with E-state index in [0.29, 0.717) is 16.4 Å². The van der Waals surface area contributed by atoms with Gasteiger partial charge in [-0.1, -0.05) is 33.5 Å². The molecule has 11 heteroatoms. The van der Waals surface area contributed by atoms with Crippen LogP contribution in [0, 0.1) is 6.92 Å². The molecule has 3 heterocycles. The van der Waals surface area contributed by atoms with Crippen molar-refractivity contribution in [1.82, 2.24) is 19.5 Å². The van der Waals surface area contributed by atoms with Crippen LogP contribution >= 0.6 is 11.6 Å². The quantitative estimate of drug-likeness (QED) is 0.363. The molecule has 0 spiro atoms. The fourth-order valence-corrected chi connectivity index (χ4v) is 4.06. The predicted molar refractivity (Wildman–Crippen MR) is 139 cm³/mol. The molecule has 4 aromatic rings. The van der Waals surface area contributed by atoms with Gasteiger partial charge in [-0.2, -0.15) is 0 Å². The molecule has 0 bridgehead atoms. The Hall–Kier alpha value is -2.99. The average molecular weight is 425 g/mol. The molecule has 0 unspecified atom stereocenters. The van der Waals surface area contributed by atoms with Crippen molar-refractivity contribution in [2.45, 2.75) is 6.92 Å². The largest absolute Gasteiger partial charge is 0.330 e. The average Bonchev–Trinajstić information content (AvgIpc) is 3.09. The van der Waals surface area contributed by atoms with Gasteiger partial charge in [0.15, 0.2) is 0 Å². The van der Waals surface area contributed by atoms with E-state index in [9.17, 15) is 4.79 Å². The van der Waals surface area contributed by atoms with Crippen LogP contribution in [0.15, 0.2) is 30.7 Å². The molecular formula is C20H20B4ClN5O. The first-order chi connectivity index (χ1) is 14.7. The molecule has 150 valence electrons. The monoisotopic (exact) mass is 425 g/mol. The zero-order valence-electron chi connectivity index (χ0n) is 18.5. The third-order valence-corrected chi connectivity index (χ3v) is 6.66. The molecule has 0 aliphatic rings. The number of imidazole rings is 1. The maximum Gasteiger partial charge on any atom is 0.255 e. The molecule has 4 rings (SSSR count). The third kappa shape index (κ3) is 3.65. The van der Waals surface area contributed by atoms with Gasteiger partial charge >= 0.3 is 0 Å². The molecule has 0 saturated heterocycles. The number of hydrogen-bond donors (Lipinski definition) is 1. The van der Waals surface area contributed by atoms with E-state index < -0.39 is 0 Å². The van der Waals surface area contributed by atoms with Crippen LogP contribution in [0.2, 0.25) is 5.02 Å². The van der Waals surface area contributed by atoms with Crippen molar-refractivity contribution in [3.63, 3.8) is 0 Å². The van der Waals surface area contributed by atoms with Crippen molar-refractivity contribution < 1.29 is 4.79 Å². The van der Waals surface area contributed by atoms with E-state index in [1.165, 1.54) is 0 Å². The minimum absolute atomic E-state index is 0.193. The molecule has 0 aliphatic heterocycles. The number of benzene rings is 1. The van der Waals surface area contributed by atoms with Crippen molar-refractivity contribution >= 4 is 87.3 Å². The summed E-state index contributed by atoms with van der Waals surface area (Å²) in [6.45, 7) is 1.95. The summed E-state index contributed by atoms with van der Waals surface area (Å²) in [5.74, 6) is 1.21. The van der Waals surface area contributed by atoms with Gasteiger partial charge in [0.1, 0.15) is 43.0 Å². The lowest BCUT2D eigenvalue weighted by Gasteiger charge is -2.18. The van der Waals surface area contributed by atoms with Crippen LogP contribution in [0.1, 0.15) is 16.2 Å². The highest BCUT2D eigenvalue weighted by Gasteiger charge is 2.19. The molecule has 1 aromatic carbocycles. The molecule has 0 fully saturated rings. The van der Waals surface area contributed by atoms with Gasteiger partial charge in [0, 0.05) is 35.4 Å². The van der Waals surface area contributed by atoms with Crippen LogP contribution in [0.25, 0.3) is 22.2 Å². The van der Waals surface area contributed by atoms with Crippen LogP contribution in [0.4, 0.5) is 5.82 Å². The van der Waals surface area contributed by atoms with Crippen molar-refractivity contribution in [2.24, 2.45) is 7.05 Å². The maximum absolute atomic E-state index is 13.1. The topological polar surface area (TPSA) is 72.7 Å². The lowest BCUT2D eigenvalue weighted by atomic mass is 9.67. The first-order valence-electron chi connectivity index (χ1n) is 10.0. The highest BCUT2D eigenvalue weighted by atomic mass is 35.5. The molecule has 1 N–H and O–H groups in total. The number of aromatic nitrogens is 4. The van der Waals surface area contributed by atoms with E-state index in [1.807, 2.05) is 68.3 Å². The van der Waals surface area contributed by atoms with Gasteiger partial charge in [0.25, 0.3) is 5.91 Å². The predicted octanol–water partition coefficient (Wildman–Crippen LogP) is -2.72. The smallest absolute Gasteiger partial charge is 0.255 e. The van der Waals surface area contributed by atoms with Gasteiger partial charge in [0.05, 0.1) is 17.6 Å². The first kappa shape index (κ1) is 21.2. The third-order valence-electron chi connectivity index (χ3n) is 6.09. The molecule has 31 heavy (non-hydrogen) atoms. The SMILES string of the molecule is Bc1c(B)c(C(=O)Nc2cc3cc(-c4cnc(C)n4C)ncc3cn2)c(B)c(B)c1Cl. The van der Waals surface area contributed by atoms with Gasteiger partial charge in [-0.05, 0) is 24.4 Å². The molecule has 0 radical (unpaired) electrons. The summed E-state index contributed by atoms with van der Waals surface area (Å²) >= 11 is 6.41. The summed E-state index contributed by atoms with van der Waals surface area (Å²) in [6, 6.07) is 3.85. The normalized spacial score (nSPS) is 11.1. The van der Waals surface area contributed by atoms with Crippen LogP contribution in [0.5, 0.6) is 0 Å². The Morgan fingerprint density at radius 1 is 0.935 bits per heavy atom. The molecule has 0 atom stereocenters. The second kappa shape index (κ2) is 7.93. The highest BCUT2D eigenvalue weighted by Crippen LogP contribution is 2.23. The van der Waals surface area contributed by atoms with Gasteiger partial charge in [-0.3, -0.25) is 9.78 Å². The number of carbonyl (C=O) groups is 1. The maximum atomic E-state index is 13.1. The number of nitrogens with zero attached hydrogens (tertiary/aromatic N) is 4. The van der Waals surface area contributed by atoms with E-state index >= 15 is 0 Å². The van der Waals surface area contributed by atoms with Crippen LogP contribution in [-0.4, -0.2) is 56.8 Å². The Kier molecular flexibility index (Phi) is 5.43. The van der Waals surface area contributed by atoms with Gasteiger partial charge in [0.2, 0.25) is 0 Å². The lowest BCUT2D eigenvalue weighted by molar-refractivity contribution is 0.102. The number of anilines is 1. The number of hydrogen-bond acceptors (Lipinski definition) is 4. The zero-order chi connectivity index (χ0) is 22.4. The van der Waals surface area contributed by atoms with Crippen LogP contribution in [0.3, 0.4) is 0 Å². The lowest BCUT2D eigenvalue weighted by Crippen LogP contribution is -2.47. The summed E-state index contributed by atoms with van der Waals surface area (Å²) in [6.07, 6.45) is 5.31. The van der Waals surface area contributed by atoms with E-state index in [2.05, 4.69) is 20.3 Å². The van der Waals surface area contributed by atoms with E-state index in [0.717, 1.165) is 49.8 Å². The Morgan fingerprint density at radius 3 is 2.19 bits per heavy atom. The number of nitrogens with one attached hydrogen (secondary N) is 1. The molecular weight excluding hydrogens is 405 g/mol. The number of halogens is 1. The van der Waals surface area contributed by atoms with E-state index in [4.69, 9.17) is 11.6 Å². The molecule has 0 saturated carbocycles. The van der Waals surface area contributed by atoms with Crippen molar-refractivity contribution in [1.29, 1.82) is 0 Å². The van der Waals surface area contributed by atoms with Gasteiger partial charge < -0.3 is 9.88 Å². The Balaban J connectivity index is 1.71. The summed E-state index contributed by atoms with van der Waals surface area (Å²) in [4.78, 5) is 26.4. The number of amides is 1.